The summed E-state index contributed by atoms with van der Waals surface area (Å²) in [5, 5.41) is 2.78. The molecule has 0 radical (unpaired) electrons. The quantitative estimate of drug-likeness (QED) is 0.712. The average molecular weight is 213 g/mol. The summed E-state index contributed by atoms with van der Waals surface area (Å²) in [5.41, 5.74) is -0.444. The van der Waals surface area contributed by atoms with Gasteiger partial charge >= 0.3 is 6.09 Å². The monoisotopic (exact) mass is 213 g/mol. The first kappa shape index (κ1) is 14.0. The predicted octanol–water partition coefficient (Wildman–Crippen LogP) is 3.26. The molecule has 0 saturated heterocycles. The van der Waals surface area contributed by atoms with Gasteiger partial charge in [-0.05, 0) is 27.2 Å². The summed E-state index contributed by atoms with van der Waals surface area (Å²) < 4.78 is 5.15. The summed E-state index contributed by atoms with van der Waals surface area (Å²) in [6.45, 7) is 11.4. The van der Waals surface area contributed by atoms with Gasteiger partial charge in [0.1, 0.15) is 5.60 Å². The van der Waals surface area contributed by atoms with E-state index in [0.29, 0.717) is 0 Å². The summed E-state index contributed by atoms with van der Waals surface area (Å²) in [4.78, 5) is 11.4. The lowest BCUT2D eigenvalue weighted by Crippen LogP contribution is -2.38. The molecule has 0 aromatic carbocycles. The first-order valence-electron chi connectivity index (χ1n) is 5.51. The molecule has 1 unspecified atom stereocenters. The number of ether oxygens (including phenoxy) is 1. The van der Waals surface area contributed by atoms with E-state index in [2.05, 4.69) is 18.8 Å². The average Bonchev–Trinajstić information content (AvgIpc) is 2.09. The van der Waals surface area contributed by atoms with E-state index in [1.54, 1.807) is 6.08 Å². The molecule has 0 spiro atoms. The molecule has 0 aliphatic carbocycles. The molecule has 0 aromatic heterocycles. The molecule has 0 aliphatic heterocycles. The Morgan fingerprint density at radius 1 is 1.53 bits per heavy atom. The lowest BCUT2D eigenvalue weighted by molar-refractivity contribution is 0.0512. The molecule has 1 amide bonds. The lowest BCUT2D eigenvalue weighted by Gasteiger charge is -2.22. The zero-order chi connectivity index (χ0) is 11.9. The van der Waals surface area contributed by atoms with E-state index in [1.807, 2.05) is 20.8 Å². The van der Waals surface area contributed by atoms with Crippen LogP contribution in [0.15, 0.2) is 12.7 Å². The first-order chi connectivity index (χ1) is 6.89. The zero-order valence-corrected chi connectivity index (χ0v) is 10.3. The molecule has 0 aromatic rings. The van der Waals surface area contributed by atoms with Crippen molar-refractivity contribution >= 4 is 6.09 Å². The van der Waals surface area contributed by atoms with Gasteiger partial charge in [-0.25, -0.2) is 4.79 Å². The zero-order valence-electron chi connectivity index (χ0n) is 10.3. The molecular formula is C12H23NO2. The predicted molar refractivity (Wildman–Crippen MR) is 62.9 cm³/mol. The number of hydrogen-bond acceptors (Lipinski definition) is 2. The fourth-order valence-electron chi connectivity index (χ4n) is 1.13. The van der Waals surface area contributed by atoms with Crippen LogP contribution in [0.25, 0.3) is 0 Å². The van der Waals surface area contributed by atoms with Gasteiger partial charge in [0.25, 0.3) is 0 Å². The van der Waals surface area contributed by atoms with Crippen LogP contribution in [0.5, 0.6) is 0 Å². The molecule has 1 N–H and O–H groups in total. The van der Waals surface area contributed by atoms with Gasteiger partial charge in [-0.15, -0.1) is 6.58 Å². The standard InChI is InChI=1S/C12H23NO2/c1-6-8-9-10(7-2)13-11(14)15-12(3,4)5/h7,10H,2,6,8-9H2,1,3-5H3,(H,13,14). The van der Waals surface area contributed by atoms with E-state index in [9.17, 15) is 4.79 Å². The Hall–Kier alpha value is -0.990. The van der Waals surface area contributed by atoms with Gasteiger partial charge in [-0.3, -0.25) is 0 Å². The minimum absolute atomic E-state index is 0.0137. The van der Waals surface area contributed by atoms with Gasteiger partial charge in [-0.1, -0.05) is 25.8 Å². The van der Waals surface area contributed by atoms with E-state index in [1.165, 1.54) is 0 Å². The topological polar surface area (TPSA) is 38.3 Å². The fourth-order valence-corrected chi connectivity index (χ4v) is 1.13. The third kappa shape index (κ3) is 8.03. The van der Waals surface area contributed by atoms with Crippen molar-refractivity contribution in [3.63, 3.8) is 0 Å². The molecule has 0 heterocycles. The van der Waals surface area contributed by atoms with Crippen LogP contribution in [-0.4, -0.2) is 17.7 Å². The largest absolute Gasteiger partial charge is 0.444 e. The van der Waals surface area contributed by atoms with Gasteiger partial charge in [0.15, 0.2) is 0 Å². The third-order valence-corrected chi connectivity index (χ3v) is 1.86. The number of carbonyl (C=O) groups excluding carboxylic acids is 1. The number of alkyl carbamates (subject to hydrolysis) is 1. The second-order valence-corrected chi connectivity index (χ2v) is 4.63. The maximum absolute atomic E-state index is 11.4. The number of unbranched alkanes of at least 4 members (excludes halogenated alkanes) is 1. The molecule has 0 fully saturated rings. The molecule has 0 rings (SSSR count). The summed E-state index contributed by atoms with van der Waals surface area (Å²) in [6.07, 6.45) is 4.48. The van der Waals surface area contributed by atoms with E-state index in [4.69, 9.17) is 4.74 Å². The van der Waals surface area contributed by atoms with Crippen molar-refractivity contribution in [3.8, 4) is 0 Å². The lowest BCUT2D eigenvalue weighted by atomic mass is 10.1. The fraction of sp³-hybridized carbons (Fsp3) is 0.750. The van der Waals surface area contributed by atoms with Crippen LogP contribution in [0.2, 0.25) is 0 Å². The van der Waals surface area contributed by atoms with Crippen LogP contribution in [0.1, 0.15) is 47.0 Å². The van der Waals surface area contributed by atoms with Crippen molar-refractivity contribution < 1.29 is 9.53 Å². The van der Waals surface area contributed by atoms with Gasteiger partial charge < -0.3 is 10.1 Å². The van der Waals surface area contributed by atoms with Crippen molar-refractivity contribution in [2.45, 2.75) is 58.6 Å². The maximum atomic E-state index is 11.4. The number of hydrogen-bond donors (Lipinski definition) is 1. The molecular weight excluding hydrogens is 190 g/mol. The Morgan fingerprint density at radius 2 is 2.13 bits per heavy atom. The number of rotatable bonds is 5. The molecule has 0 aliphatic rings. The molecule has 88 valence electrons. The third-order valence-electron chi connectivity index (χ3n) is 1.86. The highest BCUT2D eigenvalue weighted by atomic mass is 16.6. The van der Waals surface area contributed by atoms with Crippen LogP contribution in [0.4, 0.5) is 4.79 Å². The minimum Gasteiger partial charge on any atom is -0.444 e. The van der Waals surface area contributed by atoms with Crippen molar-refractivity contribution in [3.05, 3.63) is 12.7 Å². The first-order valence-corrected chi connectivity index (χ1v) is 5.51. The highest BCUT2D eigenvalue weighted by molar-refractivity contribution is 5.68. The molecule has 0 saturated carbocycles. The minimum atomic E-state index is -0.444. The van der Waals surface area contributed by atoms with Crippen LogP contribution < -0.4 is 5.32 Å². The Balaban J connectivity index is 3.96. The summed E-state index contributed by atoms with van der Waals surface area (Å²) in [6, 6.07) is 0.0137. The second-order valence-electron chi connectivity index (χ2n) is 4.63. The Bertz CT molecular complexity index is 206. The Labute approximate surface area is 92.9 Å². The van der Waals surface area contributed by atoms with E-state index >= 15 is 0 Å². The van der Waals surface area contributed by atoms with Crippen molar-refractivity contribution in [1.29, 1.82) is 0 Å². The Morgan fingerprint density at radius 3 is 2.53 bits per heavy atom. The molecule has 1 atom stereocenters. The highest BCUT2D eigenvalue weighted by Crippen LogP contribution is 2.08. The van der Waals surface area contributed by atoms with Crippen LogP contribution >= 0.6 is 0 Å². The van der Waals surface area contributed by atoms with Gasteiger partial charge in [0.05, 0.1) is 6.04 Å². The SMILES string of the molecule is C=CC(CCCC)NC(=O)OC(C)(C)C. The molecule has 3 nitrogen and oxygen atoms in total. The van der Waals surface area contributed by atoms with E-state index in [-0.39, 0.29) is 12.1 Å². The van der Waals surface area contributed by atoms with Gasteiger partial charge in [-0.2, -0.15) is 0 Å². The van der Waals surface area contributed by atoms with Crippen LogP contribution in [0.3, 0.4) is 0 Å². The van der Waals surface area contributed by atoms with Crippen molar-refractivity contribution in [2.75, 3.05) is 0 Å². The Kier molecular flexibility index (Phi) is 6.06. The van der Waals surface area contributed by atoms with Crippen molar-refractivity contribution in [2.24, 2.45) is 0 Å². The normalized spacial score (nSPS) is 13.1. The second kappa shape index (κ2) is 6.49. The number of nitrogens with one attached hydrogen (secondary N) is 1. The van der Waals surface area contributed by atoms with Crippen LogP contribution in [-0.2, 0) is 4.74 Å². The number of carbonyl (C=O) groups is 1. The van der Waals surface area contributed by atoms with Crippen LogP contribution in [0, 0.1) is 0 Å². The van der Waals surface area contributed by atoms with Gasteiger partial charge in [0, 0.05) is 0 Å². The van der Waals surface area contributed by atoms with Gasteiger partial charge in [0.2, 0.25) is 0 Å². The molecule has 15 heavy (non-hydrogen) atoms. The van der Waals surface area contributed by atoms with E-state index in [0.717, 1.165) is 19.3 Å². The van der Waals surface area contributed by atoms with Crippen molar-refractivity contribution in [1.82, 2.24) is 5.32 Å². The summed E-state index contributed by atoms with van der Waals surface area (Å²) >= 11 is 0. The summed E-state index contributed by atoms with van der Waals surface area (Å²) in [7, 11) is 0. The molecule has 0 bridgehead atoms. The van der Waals surface area contributed by atoms with E-state index < -0.39 is 5.60 Å². The number of amides is 1. The maximum Gasteiger partial charge on any atom is 0.408 e. The smallest absolute Gasteiger partial charge is 0.408 e. The molecule has 3 heteroatoms. The summed E-state index contributed by atoms with van der Waals surface area (Å²) in [5.74, 6) is 0. The highest BCUT2D eigenvalue weighted by Gasteiger charge is 2.17.